The van der Waals surface area contributed by atoms with E-state index in [0.29, 0.717) is 6.42 Å². The maximum Gasteiger partial charge on any atom is 0.325 e. The smallest absolute Gasteiger partial charge is 0.325 e. The molecule has 0 saturated carbocycles. The van der Waals surface area contributed by atoms with Gasteiger partial charge in [0.05, 0.1) is 0 Å². The predicted octanol–water partition coefficient (Wildman–Crippen LogP) is 3.34. The van der Waals surface area contributed by atoms with Crippen LogP contribution in [0.4, 0.5) is 0 Å². The number of hydrogen-bond acceptors (Lipinski definition) is 3. The van der Waals surface area contributed by atoms with Gasteiger partial charge >= 0.3 is 11.9 Å². The Hall–Kier alpha value is -1.59. The van der Waals surface area contributed by atoms with Gasteiger partial charge in [0, 0.05) is 12.8 Å². The zero-order chi connectivity index (χ0) is 17.5. The average Bonchev–Trinajstić information content (AvgIpc) is 2.47. The number of carbonyl (C=O) groups excluding carboxylic acids is 1. The molecule has 6 nitrogen and oxygen atoms in total. The normalized spacial score (nSPS) is 11.9. The number of carboxylic acids is 2. The van der Waals surface area contributed by atoms with Crippen LogP contribution in [-0.4, -0.2) is 34.1 Å². The van der Waals surface area contributed by atoms with E-state index in [2.05, 4.69) is 5.32 Å². The van der Waals surface area contributed by atoms with E-state index >= 15 is 0 Å². The van der Waals surface area contributed by atoms with Gasteiger partial charge in [-0.2, -0.15) is 0 Å². The molecule has 0 aromatic carbocycles. The molecule has 0 rings (SSSR count). The van der Waals surface area contributed by atoms with Gasteiger partial charge in [-0.1, -0.05) is 51.4 Å². The van der Waals surface area contributed by atoms with E-state index in [1.54, 1.807) is 0 Å². The lowest BCUT2D eigenvalue weighted by molar-refractivity contribution is -0.141. The zero-order valence-electron chi connectivity index (χ0n) is 14.2. The molecule has 0 aromatic heterocycles. The number of nitrogens with one attached hydrogen (secondary N) is 1. The topological polar surface area (TPSA) is 104 Å². The van der Waals surface area contributed by atoms with Crippen LogP contribution in [0, 0.1) is 0 Å². The fourth-order valence-corrected chi connectivity index (χ4v) is 2.35. The molecule has 0 fully saturated rings. The van der Waals surface area contributed by atoms with Crippen molar-refractivity contribution in [2.75, 3.05) is 0 Å². The van der Waals surface area contributed by atoms with Crippen LogP contribution in [0.25, 0.3) is 0 Å². The molecular formula is C17H31NO5. The highest BCUT2D eigenvalue weighted by Crippen LogP contribution is 2.12. The highest BCUT2D eigenvalue weighted by atomic mass is 16.4. The van der Waals surface area contributed by atoms with Crippen molar-refractivity contribution in [3.8, 4) is 0 Å². The van der Waals surface area contributed by atoms with E-state index in [4.69, 9.17) is 10.2 Å². The van der Waals surface area contributed by atoms with Gasteiger partial charge in [0.2, 0.25) is 5.91 Å². The quantitative estimate of drug-likeness (QED) is 0.400. The Labute approximate surface area is 138 Å². The third-order valence-electron chi connectivity index (χ3n) is 3.79. The minimum absolute atomic E-state index is 0.193. The first kappa shape index (κ1) is 21.4. The predicted molar refractivity (Wildman–Crippen MR) is 88.3 cm³/mol. The van der Waals surface area contributed by atoms with Crippen LogP contribution in [-0.2, 0) is 14.4 Å². The Balaban J connectivity index is 3.26. The largest absolute Gasteiger partial charge is 0.481 e. The van der Waals surface area contributed by atoms with E-state index < -0.39 is 18.0 Å². The zero-order valence-corrected chi connectivity index (χ0v) is 14.2. The lowest BCUT2D eigenvalue weighted by atomic mass is 10.0. The molecule has 0 bridgehead atoms. The summed E-state index contributed by atoms with van der Waals surface area (Å²) in [6.45, 7) is 1.46. The first-order valence-electron chi connectivity index (χ1n) is 8.67. The van der Waals surface area contributed by atoms with Crippen molar-refractivity contribution in [2.45, 2.75) is 90.0 Å². The Kier molecular flexibility index (Phi) is 13.1. The van der Waals surface area contributed by atoms with Crippen molar-refractivity contribution in [3.05, 3.63) is 0 Å². The molecule has 23 heavy (non-hydrogen) atoms. The summed E-state index contributed by atoms with van der Waals surface area (Å²) in [6, 6.07) is -0.821. The Morgan fingerprint density at radius 3 is 1.52 bits per heavy atom. The minimum Gasteiger partial charge on any atom is -0.481 e. The first-order chi connectivity index (χ1) is 10.9. The summed E-state index contributed by atoms with van der Waals surface area (Å²) in [5.41, 5.74) is 0. The van der Waals surface area contributed by atoms with Gasteiger partial charge in [0.1, 0.15) is 6.04 Å². The van der Waals surface area contributed by atoms with Crippen LogP contribution in [0.3, 0.4) is 0 Å². The van der Waals surface area contributed by atoms with E-state index in [1.165, 1.54) is 19.8 Å². The Morgan fingerprint density at radius 2 is 1.13 bits per heavy atom. The standard InChI is InChI=1S/C17H31NO5/c1-14(17(22)23)18-15(19)12-10-8-6-4-2-3-5-7-9-11-13-16(20)21/h14H,2-13H2,1H3,(H,18,19)(H,20,21)(H,22,23)/t14-/m0/s1. The van der Waals surface area contributed by atoms with Crippen molar-refractivity contribution in [1.82, 2.24) is 5.32 Å². The van der Waals surface area contributed by atoms with Gasteiger partial charge in [0.15, 0.2) is 0 Å². The first-order valence-corrected chi connectivity index (χ1v) is 8.67. The van der Waals surface area contributed by atoms with Crippen LogP contribution in [0.5, 0.6) is 0 Å². The Morgan fingerprint density at radius 1 is 0.739 bits per heavy atom. The van der Waals surface area contributed by atoms with E-state index in [-0.39, 0.29) is 12.3 Å². The molecule has 0 spiro atoms. The Bertz CT molecular complexity index is 357. The third-order valence-corrected chi connectivity index (χ3v) is 3.79. The summed E-state index contributed by atoms with van der Waals surface area (Å²) in [6.07, 6.45) is 11.1. The third kappa shape index (κ3) is 15.1. The number of hydrogen-bond donors (Lipinski definition) is 3. The SMILES string of the molecule is C[C@H](NC(=O)CCCCCCCCCCCCC(=O)O)C(=O)O. The fraction of sp³-hybridized carbons (Fsp3) is 0.824. The number of aliphatic carboxylic acids is 2. The van der Waals surface area contributed by atoms with Crippen molar-refractivity contribution < 1.29 is 24.6 Å². The van der Waals surface area contributed by atoms with Crippen LogP contribution in [0.1, 0.15) is 84.0 Å². The summed E-state index contributed by atoms with van der Waals surface area (Å²) < 4.78 is 0. The summed E-state index contributed by atoms with van der Waals surface area (Å²) in [4.78, 5) is 32.4. The van der Waals surface area contributed by atoms with Gasteiger partial charge in [-0.3, -0.25) is 14.4 Å². The van der Waals surface area contributed by atoms with Crippen molar-refractivity contribution in [1.29, 1.82) is 0 Å². The molecule has 0 radical (unpaired) electrons. The van der Waals surface area contributed by atoms with Gasteiger partial charge < -0.3 is 15.5 Å². The highest BCUT2D eigenvalue weighted by Gasteiger charge is 2.12. The van der Waals surface area contributed by atoms with Gasteiger partial charge in [-0.15, -0.1) is 0 Å². The number of rotatable bonds is 15. The maximum absolute atomic E-state index is 11.4. The van der Waals surface area contributed by atoms with Crippen LogP contribution in [0.2, 0.25) is 0 Å². The second kappa shape index (κ2) is 14.0. The molecule has 1 atom stereocenters. The van der Waals surface area contributed by atoms with Gasteiger partial charge in [-0.25, -0.2) is 0 Å². The summed E-state index contributed by atoms with van der Waals surface area (Å²) in [7, 11) is 0. The molecule has 0 heterocycles. The summed E-state index contributed by atoms with van der Waals surface area (Å²) in [5, 5.41) is 19.6. The number of carboxylic acid groups (broad SMARTS) is 2. The lowest BCUT2D eigenvalue weighted by Gasteiger charge is -2.08. The highest BCUT2D eigenvalue weighted by molar-refractivity contribution is 5.83. The number of unbranched alkanes of at least 4 members (excludes halogenated alkanes) is 9. The monoisotopic (exact) mass is 329 g/mol. The number of amides is 1. The molecule has 0 aliphatic heterocycles. The van der Waals surface area contributed by atoms with E-state index in [1.807, 2.05) is 0 Å². The number of carbonyl (C=O) groups is 3. The van der Waals surface area contributed by atoms with Crippen molar-refractivity contribution in [3.63, 3.8) is 0 Å². The fourth-order valence-electron chi connectivity index (χ4n) is 2.35. The van der Waals surface area contributed by atoms with Gasteiger partial charge in [-0.05, 0) is 19.8 Å². The molecule has 0 saturated heterocycles. The molecule has 0 aromatic rings. The molecular weight excluding hydrogens is 298 g/mol. The molecule has 6 heteroatoms. The summed E-state index contributed by atoms with van der Waals surface area (Å²) in [5.74, 6) is -1.92. The van der Waals surface area contributed by atoms with E-state index in [9.17, 15) is 14.4 Å². The second-order valence-electron chi connectivity index (χ2n) is 6.06. The van der Waals surface area contributed by atoms with Crippen molar-refractivity contribution >= 4 is 17.8 Å². The van der Waals surface area contributed by atoms with Crippen LogP contribution >= 0.6 is 0 Å². The maximum atomic E-state index is 11.4. The molecule has 134 valence electrons. The van der Waals surface area contributed by atoms with Gasteiger partial charge in [0.25, 0.3) is 0 Å². The molecule has 0 aliphatic carbocycles. The molecule has 0 unspecified atom stereocenters. The van der Waals surface area contributed by atoms with E-state index in [0.717, 1.165) is 51.4 Å². The molecule has 0 aliphatic rings. The minimum atomic E-state index is -1.01. The summed E-state index contributed by atoms with van der Waals surface area (Å²) >= 11 is 0. The molecule has 3 N–H and O–H groups in total. The van der Waals surface area contributed by atoms with Crippen LogP contribution < -0.4 is 5.32 Å². The average molecular weight is 329 g/mol. The molecule has 1 amide bonds. The van der Waals surface area contributed by atoms with Crippen molar-refractivity contribution in [2.24, 2.45) is 0 Å². The lowest BCUT2D eigenvalue weighted by Crippen LogP contribution is -2.38. The second-order valence-corrected chi connectivity index (χ2v) is 6.06. The van der Waals surface area contributed by atoms with Crippen LogP contribution in [0.15, 0.2) is 0 Å².